The van der Waals surface area contributed by atoms with Gasteiger partial charge in [0.25, 0.3) is 11.6 Å². The van der Waals surface area contributed by atoms with Crippen LogP contribution in [0.4, 0.5) is 17.1 Å². The van der Waals surface area contributed by atoms with Gasteiger partial charge in [0.1, 0.15) is 5.75 Å². The second-order valence-corrected chi connectivity index (χ2v) is 6.54. The molecular weight excluding hydrogens is 372 g/mol. The van der Waals surface area contributed by atoms with Crippen molar-refractivity contribution in [1.29, 1.82) is 0 Å². The SMILES string of the molecule is COc1cc(N)c(Cl)cc1C(=O)N1CCN(c2cccc([N+](=O)[O-])c2)CC1. The van der Waals surface area contributed by atoms with Crippen LogP contribution in [-0.4, -0.2) is 49.0 Å². The number of carbonyl (C=O) groups is 1. The lowest BCUT2D eigenvalue weighted by Gasteiger charge is -2.36. The highest BCUT2D eigenvalue weighted by Crippen LogP contribution is 2.30. The van der Waals surface area contributed by atoms with E-state index in [9.17, 15) is 14.9 Å². The van der Waals surface area contributed by atoms with Crippen LogP contribution >= 0.6 is 11.6 Å². The molecule has 2 aromatic carbocycles. The Balaban J connectivity index is 1.72. The first-order valence-corrected chi connectivity index (χ1v) is 8.70. The number of piperazine rings is 1. The quantitative estimate of drug-likeness (QED) is 0.489. The van der Waals surface area contributed by atoms with Crippen molar-refractivity contribution < 1.29 is 14.5 Å². The molecule has 1 fully saturated rings. The minimum absolute atomic E-state index is 0.0484. The molecule has 142 valence electrons. The normalized spacial score (nSPS) is 14.1. The van der Waals surface area contributed by atoms with Crippen LogP contribution in [0.25, 0.3) is 0 Å². The average molecular weight is 391 g/mol. The molecule has 9 heteroatoms. The summed E-state index contributed by atoms with van der Waals surface area (Å²) in [6.45, 7) is 2.09. The minimum atomic E-state index is -0.416. The number of halogens is 1. The number of nitrogen functional groups attached to an aromatic ring is 1. The van der Waals surface area contributed by atoms with E-state index in [0.29, 0.717) is 48.2 Å². The molecule has 0 bridgehead atoms. The Kier molecular flexibility index (Phi) is 5.36. The van der Waals surface area contributed by atoms with Crippen molar-refractivity contribution in [3.8, 4) is 5.75 Å². The number of anilines is 2. The minimum Gasteiger partial charge on any atom is -0.496 e. The third-order valence-corrected chi connectivity index (χ3v) is 4.85. The number of hydrogen-bond donors (Lipinski definition) is 1. The van der Waals surface area contributed by atoms with Crippen LogP contribution in [0.3, 0.4) is 0 Å². The number of non-ortho nitro benzene ring substituents is 1. The number of nitrogens with zero attached hydrogens (tertiary/aromatic N) is 3. The first-order chi connectivity index (χ1) is 12.9. The highest BCUT2D eigenvalue weighted by atomic mass is 35.5. The molecule has 2 aromatic rings. The van der Waals surface area contributed by atoms with E-state index in [0.717, 1.165) is 5.69 Å². The Hall–Kier alpha value is -3.00. The number of amides is 1. The van der Waals surface area contributed by atoms with Gasteiger partial charge in [-0.15, -0.1) is 0 Å². The summed E-state index contributed by atoms with van der Waals surface area (Å²) in [5.74, 6) is 0.190. The Labute approximate surface area is 161 Å². The lowest BCUT2D eigenvalue weighted by Crippen LogP contribution is -2.48. The zero-order valence-corrected chi connectivity index (χ0v) is 15.5. The largest absolute Gasteiger partial charge is 0.496 e. The van der Waals surface area contributed by atoms with Crippen molar-refractivity contribution in [3.63, 3.8) is 0 Å². The van der Waals surface area contributed by atoms with Crippen molar-refractivity contribution >= 4 is 34.6 Å². The van der Waals surface area contributed by atoms with E-state index >= 15 is 0 Å². The standard InChI is InChI=1S/C18H19ClN4O4/c1-27-17-11-16(20)15(19)10-14(17)18(24)22-7-5-21(6-8-22)12-3-2-4-13(9-12)23(25)26/h2-4,9-11H,5-8,20H2,1H3. The topological polar surface area (TPSA) is 102 Å². The Morgan fingerprint density at radius 2 is 1.93 bits per heavy atom. The summed E-state index contributed by atoms with van der Waals surface area (Å²) in [6, 6.07) is 9.54. The van der Waals surface area contributed by atoms with Gasteiger partial charge in [0.15, 0.2) is 0 Å². The molecule has 0 spiro atoms. The number of carbonyl (C=O) groups excluding carboxylic acids is 1. The summed E-state index contributed by atoms with van der Waals surface area (Å²) < 4.78 is 5.26. The fourth-order valence-corrected chi connectivity index (χ4v) is 3.21. The number of benzene rings is 2. The highest BCUT2D eigenvalue weighted by molar-refractivity contribution is 6.33. The number of hydrogen-bond acceptors (Lipinski definition) is 6. The average Bonchev–Trinajstić information content (AvgIpc) is 2.69. The Morgan fingerprint density at radius 1 is 1.22 bits per heavy atom. The maximum absolute atomic E-state index is 12.9. The first kappa shape index (κ1) is 18.8. The van der Waals surface area contributed by atoms with Gasteiger partial charge in [-0.2, -0.15) is 0 Å². The van der Waals surface area contributed by atoms with Gasteiger partial charge in [0.05, 0.1) is 28.3 Å². The molecule has 0 radical (unpaired) electrons. The number of nitrogens with two attached hydrogens (primary N) is 1. The van der Waals surface area contributed by atoms with Gasteiger partial charge in [-0.25, -0.2) is 0 Å². The number of rotatable bonds is 4. The lowest BCUT2D eigenvalue weighted by molar-refractivity contribution is -0.384. The number of nitro groups is 1. The molecule has 8 nitrogen and oxygen atoms in total. The maximum atomic E-state index is 12.9. The zero-order valence-electron chi connectivity index (χ0n) is 14.7. The van der Waals surface area contributed by atoms with Crippen LogP contribution in [0.1, 0.15) is 10.4 Å². The van der Waals surface area contributed by atoms with Crippen LogP contribution < -0.4 is 15.4 Å². The van der Waals surface area contributed by atoms with Gasteiger partial charge in [-0.3, -0.25) is 14.9 Å². The molecule has 27 heavy (non-hydrogen) atoms. The molecule has 1 saturated heterocycles. The molecular formula is C18H19ClN4O4. The van der Waals surface area contributed by atoms with Crippen molar-refractivity contribution in [1.82, 2.24) is 4.90 Å². The zero-order chi connectivity index (χ0) is 19.6. The van der Waals surface area contributed by atoms with E-state index in [1.165, 1.54) is 25.3 Å². The van der Waals surface area contributed by atoms with E-state index < -0.39 is 4.92 Å². The van der Waals surface area contributed by atoms with Crippen molar-refractivity contribution in [2.24, 2.45) is 0 Å². The first-order valence-electron chi connectivity index (χ1n) is 8.32. The van der Waals surface area contributed by atoms with Gasteiger partial charge in [-0.05, 0) is 12.1 Å². The summed E-state index contributed by atoms with van der Waals surface area (Å²) in [6.07, 6.45) is 0. The van der Waals surface area contributed by atoms with Crippen molar-refractivity contribution in [3.05, 3.63) is 57.1 Å². The lowest BCUT2D eigenvalue weighted by atomic mass is 10.1. The number of nitro benzene ring substituents is 1. The second-order valence-electron chi connectivity index (χ2n) is 6.13. The van der Waals surface area contributed by atoms with Crippen molar-refractivity contribution in [2.45, 2.75) is 0 Å². The maximum Gasteiger partial charge on any atom is 0.271 e. The molecule has 0 atom stereocenters. The van der Waals surface area contributed by atoms with E-state index in [2.05, 4.69) is 0 Å². The van der Waals surface area contributed by atoms with Crippen LogP contribution in [0.2, 0.25) is 5.02 Å². The molecule has 3 rings (SSSR count). The summed E-state index contributed by atoms with van der Waals surface area (Å²) in [4.78, 5) is 27.1. The molecule has 1 heterocycles. The molecule has 0 unspecified atom stereocenters. The third-order valence-electron chi connectivity index (χ3n) is 4.52. The van der Waals surface area contributed by atoms with Gasteiger partial charge in [0.2, 0.25) is 0 Å². The number of ether oxygens (including phenoxy) is 1. The molecule has 1 amide bonds. The third kappa shape index (κ3) is 3.90. The van der Waals surface area contributed by atoms with Gasteiger partial charge in [0, 0.05) is 50.1 Å². The highest BCUT2D eigenvalue weighted by Gasteiger charge is 2.25. The Bertz CT molecular complexity index is 882. The molecule has 1 aliphatic rings. The summed E-state index contributed by atoms with van der Waals surface area (Å²) in [7, 11) is 1.47. The van der Waals surface area contributed by atoms with E-state index in [4.69, 9.17) is 22.1 Å². The summed E-state index contributed by atoms with van der Waals surface area (Å²) in [5, 5.41) is 11.2. The predicted octanol–water partition coefficient (Wildman–Crippen LogP) is 2.80. The van der Waals surface area contributed by atoms with Gasteiger partial charge in [-0.1, -0.05) is 17.7 Å². The van der Waals surface area contributed by atoms with E-state index in [1.807, 2.05) is 11.0 Å². The van der Waals surface area contributed by atoms with Crippen LogP contribution in [0.15, 0.2) is 36.4 Å². The van der Waals surface area contributed by atoms with Crippen molar-refractivity contribution in [2.75, 3.05) is 43.9 Å². The smallest absolute Gasteiger partial charge is 0.271 e. The predicted molar refractivity (Wildman–Crippen MR) is 104 cm³/mol. The molecule has 0 saturated carbocycles. The molecule has 0 aromatic heterocycles. The van der Waals surface area contributed by atoms with Crippen LogP contribution in [-0.2, 0) is 0 Å². The summed E-state index contributed by atoms with van der Waals surface area (Å²) in [5.41, 5.74) is 7.29. The number of methoxy groups -OCH3 is 1. The second kappa shape index (κ2) is 7.71. The van der Waals surface area contributed by atoms with Crippen LogP contribution in [0.5, 0.6) is 5.75 Å². The summed E-state index contributed by atoms with van der Waals surface area (Å²) >= 11 is 6.05. The molecule has 1 aliphatic heterocycles. The van der Waals surface area contributed by atoms with E-state index in [-0.39, 0.29) is 11.6 Å². The fourth-order valence-electron chi connectivity index (χ4n) is 3.05. The van der Waals surface area contributed by atoms with Crippen LogP contribution in [0, 0.1) is 10.1 Å². The van der Waals surface area contributed by atoms with Gasteiger partial charge >= 0.3 is 0 Å². The Morgan fingerprint density at radius 3 is 2.56 bits per heavy atom. The van der Waals surface area contributed by atoms with E-state index in [1.54, 1.807) is 17.0 Å². The van der Waals surface area contributed by atoms with Gasteiger partial charge < -0.3 is 20.3 Å². The monoisotopic (exact) mass is 390 g/mol. The fraction of sp³-hybridized carbons (Fsp3) is 0.278. The molecule has 2 N–H and O–H groups in total. The molecule has 0 aliphatic carbocycles.